The van der Waals surface area contributed by atoms with Crippen molar-refractivity contribution >= 4 is 5.65 Å². The molecule has 0 bridgehead atoms. The zero-order valence-electron chi connectivity index (χ0n) is 9.35. The van der Waals surface area contributed by atoms with Gasteiger partial charge in [-0.15, -0.1) is 10.2 Å². The molecule has 18 heavy (non-hydrogen) atoms. The van der Waals surface area contributed by atoms with Gasteiger partial charge in [0.1, 0.15) is 12.2 Å². The molecule has 3 atom stereocenters. The Bertz CT molecular complexity index is 622. The molecule has 8 nitrogen and oxygen atoms in total. The number of H-pyrrole nitrogens is 1. The lowest BCUT2D eigenvalue weighted by molar-refractivity contribution is -0.0249. The van der Waals surface area contributed by atoms with Gasteiger partial charge in [-0.1, -0.05) is 0 Å². The molecular formula is C10H12N4O4. The maximum Gasteiger partial charge on any atom is 0.293 e. The van der Waals surface area contributed by atoms with E-state index < -0.39 is 18.3 Å². The van der Waals surface area contributed by atoms with E-state index in [1.54, 1.807) is 6.20 Å². The van der Waals surface area contributed by atoms with Crippen LogP contribution in [0, 0.1) is 0 Å². The Balaban J connectivity index is 2.01. The molecule has 3 heterocycles. The molecule has 3 N–H and O–H groups in total. The maximum absolute atomic E-state index is 11.5. The fraction of sp³-hybridized carbons (Fsp3) is 0.500. The average molecular weight is 252 g/mol. The molecule has 0 radical (unpaired) electrons. The number of aromatic nitrogens is 4. The van der Waals surface area contributed by atoms with Gasteiger partial charge in [0.15, 0.2) is 5.82 Å². The van der Waals surface area contributed by atoms with E-state index >= 15 is 0 Å². The lowest BCUT2D eigenvalue weighted by Gasteiger charge is -2.10. The Kier molecular flexibility index (Phi) is 2.62. The Labute approximate surface area is 101 Å². The molecule has 1 aliphatic rings. The summed E-state index contributed by atoms with van der Waals surface area (Å²) in [7, 11) is 0. The first-order valence-electron chi connectivity index (χ1n) is 5.57. The van der Waals surface area contributed by atoms with Crippen LogP contribution < -0.4 is 5.56 Å². The number of rotatable bonds is 2. The van der Waals surface area contributed by atoms with Crippen LogP contribution in [0.2, 0.25) is 0 Å². The highest BCUT2D eigenvalue weighted by Gasteiger charge is 2.36. The number of nitrogens with one attached hydrogen (secondary N) is 1. The van der Waals surface area contributed by atoms with Gasteiger partial charge in [0.2, 0.25) is 5.65 Å². The van der Waals surface area contributed by atoms with Crippen molar-refractivity contribution in [3.05, 3.63) is 28.6 Å². The zero-order valence-corrected chi connectivity index (χ0v) is 9.35. The SMILES string of the molecule is O=c1[nH]ccn2c([C@H]3C[C@@H](O)[C@@H](CO)O3)nnc12. The quantitative estimate of drug-likeness (QED) is 0.606. The van der Waals surface area contributed by atoms with Gasteiger partial charge in [-0.25, -0.2) is 0 Å². The minimum atomic E-state index is -0.741. The lowest BCUT2D eigenvalue weighted by Crippen LogP contribution is -2.24. The first-order valence-corrected chi connectivity index (χ1v) is 5.57. The summed E-state index contributed by atoms with van der Waals surface area (Å²) in [5.74, 6) is 0.450. The molecule has 8 heteroatoms. The van der Waals surface area contributed by atoms with Crippen LogP contribution >= 0.6 is 0 Å². The van der Waals surface area contributed by atoms with Crippen molar-refractivity contribution in [1.29, 1.82) is 0 Å². The molecule has 0 aliphatic carbocycles. The van der Waals surface area contributed by atoms with E-state index in [2.05, 4.69) is 15.2 Å². The predicted molar refractivity (Wildman–Crippen MR) is 58.9 cm³/mol. The molecule has 2 aromatic heterocycles. The molecular weight excluding hydrogens is 240 g/mol. The molecule has 0 unspecified atom stereocenters. The largest absolute Gasteiger partial charge is 0.394 e. The van der Waals surface area contributed by atoms with Crippen molar-refractivity contribution in [1.82, 2.24) is 19.6 Å². The minimum Gasteiger partial charge on any atom is -0.394 e. The Hall–Kier alpha value is -1.77. The van der Waals surface area contributed by atoms with Crippen LogP contribution in [0.25, 0.3) is 5.65 Å². The third kappa shape index (κ3) is 1.62. The van der Waals surface area contributed by atoms with E-state index in [0.29, 0.717) is 12.2 Å². The van der Waals surface area contributed by atoms with Crippen molar-refractivity contribution < 1.29 is 14.9 Å². The average Bonchev–Trinajstić information content (AvgIpc) is 2.93. The van der Waals surface area contributed by atoms with Crippen LogP contribution in [-0.2, 0) is 4.74 Å². The molecule has 0 amide bonds. The van der Waals surface area contributed by atoms with Gasteiger partial charge >= 0.3 is 0 Å². The number of fused-ring (bicyclic) bond motifs is 1. The molecule has 1 fully saturated rings. The molecule has 2 aromatic rings. The zero-order chi connectivity index (χ0) is 12.7. The molecule has 0 aromatic carbocycles. The van der Waals surface area contributed by atoms with Gasteiger partial charge in [-0.2, -0.15) is 0 Å². The highest BCUT2D eigenvalue weighted by atomic mass is 16.5. The standard InChI is InChI=1S/C10H12N4O4/c15-4-7-5(16)3-6(18-7)8-12-13-9-10(17)11-1-2-14(8)9/h1-2,5-7,15-16H,3-4H2,(H,11,17)/t5-,6-,7-/m1/s1. The monoisotopic (exact) mass is 252 g/mol. The van der Waals surface area contributed by atoms with Crippen molar-refractivity contribution in [3.63, 3.8) is 0 Å². The molecule has 3 rings (SSSR count). The first kappa shape index (κ1) is 11.3. The molecule has 1 aliphatic heterocycles. The fourth-order valence-corrected chi connectivity index (χ4v) is 2.14. The first-order chi connectivity index (χ1) is 8.70. The Morgan fingerprint density at radius 3 is 3.11 bits per heavy atom. The Morgan fingerprint density at radius 1 is 1.56 bits per heavy atom. The number of aliphatic hydroxyl groups excluding tert-OH is 2. The van der Waals surface area contributed by atoms with Crippen molar-refractivity contribution in [2.45, 2.75) is 24.7 Å². The number of aliphatic hydroxyl groups is 2. The van der Waals surface area contributed by atoms with Crippen molar-refractivity contribution in [3.8, 4) is 0 Å². The number of nitrogens with zero attached hydrogens (tertiary/aromatic N) is 3. The van der Waals surface area contributed by atoms with Crippen molar-refractivity contribution in [2.75, 3.05) is 6.61 Å². The highest BCUT2D eigenvalue weighted by molar-refractivity contribution is 5.34. The number of ether oxygens (including phenoxy) is 1. The fourth-order valence-electron chi connectivity index (χ4n) is 2.14. The molecule has 0 spiro atoms. The van der Waals surface area contributed by atoms with Gasteiger partial charge in [0.25, 0.3) is 5.56 Å². The summed E-state index contributed by atoms with van der Waals surface area (Å²) in [6.07, 6.45) is 1.58. The van der Waals surface area contributed by atoms with Gasteiger partial charge in [-0.3, -0.25) is 9.20 Å². The summed E-state index contributed by atoms with van der Waals surface area (Å²) in [5.41, 5.74) is -0.161. The highest BCUT2D eigenvalue weighted by Crippen LogP contribution is 2.31. The van der Waals surface area contributed by atoms with Crippen LogP contribution in [0.4, 0.5) is 0 Å². The second-order valence-corrected chi connectivity index (χ2v) is 4.19. The maximum atomic E-state index is 11.5. The van der Waals surface area contributed by atoms with Gasteiger partial charge in [-0.05, 0) is 0 Å². The summed E-state index contributed by atoms with van der Waals surface area (Å²) in [5, 5.41) is 26.4. The van der Waals surface area contributed by atoms with Crippen LogP contribution in [0.1, 0.15) is 18.3 Å². The molecule has 96 valence electrons. The third-order valence-electron chi connectivity index (χ3n) is 3.06. The van der Waals surface area contributed by atoms with Gasteiger partial charge < -0.3 is 19.9 Å². The topological polar surface area (TPSA) is 113 Å². The van der Waals surface area contributed by atoms with Crippen LogP contribution in [0.15, 0.2) is 17.2 Å². The van der Waals surface area contributed by atoms with E-state index in [4.69, 9.17) is 9.84 Å². The third-order valence-corrected chi connectivity index (χ3v) is 3.06. The number of hydrogen-bond donors (Lipinski definition) is 3. The summed E-state index contributed by atoms with van der Waals surface area (Å²) in [6.45, 7) is -0.255. The lowest BCUT2D eigenvalue weighted by atomic mass is 10.1. The summed E-state index contributed by atoms with van der Waals surface area (Å²) < 4.78 is 7.00. The Morgan fingerprint density at radius 2 is 2.39 bits per heavy atom. The summed E-state index contributed by atoms with van der Waals surface area (Å²) in [4.78, 5) is 14.0. The van der Waals surface area contributed by atoms with Gasteiger partial charge in [0.05, 0.1) is 12.7 Å². The van der Waals surface area contributed by atoms with E-state index in [9.17, 15) is 9.90 Å². The minimum absolute atomic E-state index is 0.179. The summed E-state index contributed by atoms with van der Waals surface area (Å²) in [6, 6.07) is 0. The normalized spacial score (nSPS) is 28.0. The van der Waals surface area contributed by atoms with E-state index in [1.807, 2.05) is 0 Å². The van der Waals surface area contributed by atoms with Crippen LogP contribution in [-0.4, -0.2) is 48.6 Å². The van der Waals surface area contributed by atoms with E-state index in [1.165, 1.54) is 10.6 Å². The predicted octanol–water partition coefficient (Wildman–Crippen LogP) is -1.40. The number of hydrogen-bond acceptors (Lipinski definition) is 6. The van der Waals surface area contributed by atoms with E-state index in [0.717, 1.165) is 0 Å². The smallest absolute Gasteiger partial charge is 0.293 e. The van der Waals surface area contributed by atoms with Crippen LogP contribution in [0.3, 0.4) is 0 Å². The van der Waals surface area contributed by atoms with Crippen LogP contribution in [0.5, 0.6) is 0 Å². The summed E-state index contributed by atoms with van der Waals surface area (Å²) >= 11 is 0. The van der Waals surface area contributed by atoms with E-state index in [-0.39, 0.29) is 17.8 Å². The number of aromatic amines is 1. The van der Waals surface area contributed by atoms with Crippen molar-refractivity contribution in [2.24, 2.45) is 0 Å². The second kappa shape index (κ2) is 4.16. The van der Waals surface area contributed by atoms with Gasteiger partial charge in [0, 0.05) is 18.8 Å². The second-order valence-electron chi connectivity index (χ2n) is 4.19. The molecule has 1 saturated heterocycles. The molecule has 0 saturated carbocycles.